The highest BCUT2D eigenvalue weighted by Gasteiger charge is 2.36. The van der Waals surface area contributed by atoms with E-state index in [0.29, 0.717) is 6.04 Å². The van der Waals surface area contributed by atoms with E-state index in [4.69, 9.17) is 0 Å². The summed E-state index contributed by atoms with van der Waals surface area (Å²) in [5, 5.41) is 9.70. The van der Waals surface area contributed by atoms with Crippen molar-refractivity contribution in [1.29, 1.82) is 0 Å². The summed E-state index contributed by atoms with van der Waals surface area (Å²) >= 11 is 1.43. The van der Waals surface area contributed by atoms with E-state index in [0.717, 1.165) is 18.3 Å². The number of aromatic nitrogens is 2. The molecule has 4 nitrogen and oxygen atoms in total. The molecule has 2 aliphatic heterocycles. The first kappa shape index (κ1) is 9.69. The van der Waals surface area contributed by atoms with Crippen LogP contribution in [0.1, 0.15) is 25.0 Å². The average molecular weight is 224 g/mol. The van der Waals surface area contributed by atoms with Crippen LogP contribution in [0, 0.1) is 0 Å². The second-order valence-electron chi connectivity index (χ2n) is 4.42. The van der Waals surface area contributed by atoms with Crippen molar-refractivity contribution in [3.63, 3.8) is 0 Å². The Morgan fingerprint density at radius 3 is 3.33 bits per heavy atom. The molecule has 1 N–H and O–H groups in total. The smallest absolute Gasteiger partial charge is 0.0893 e. The normalized spacial score (nSPS) is 30.9. The van der Waals surface area contributed by atoms with Gasteiger partial charge in [-0.1, -0.05) is 4.49 Å². The second kappa shape index (κ2) is 4.15. The minimum Gasteiger partial charge on any atom is -0.307 e. The molecule has 2 atom stereocenters. The molecule has 82 valence electrons. The van der Waals surface area contributed by atoms with Gasteiger partial charge in [0.25, 0.3) is 0 Å². The molecule has 2 fully saturated rings. The van der Waals surface area contributed by atoms with Crippen molar-refractivity contribution in [3.8, 4) is 0 Å². The van der Waals surface area contributed by atoms with Crippen molar-refractivity contribution in [2.45, 2.75) is 37.9 Å². The van der Waals surface area contributed by atoms with E-state index in [9.17, 15) is 0 Å². The third-order valence-electron chi connectivity index (χ3n) is 3.56. The van der Waals surface area contributed by atoms with Crippen LogP contribution in [-0.2, 0) is 6.54 Å². The Hall–Kier alpha value is -0.520. The third-order valence-corrected chi connectivity index (χ3v) is 4.11. The molecule has 1 aromatic heterocycles. The van der Waals surface area contributed by atoms with E-state index >= 15 is 0 Å². The SMILES string of the molecule is c1snnc1CNC1CCN2CCCC12. The predicted molar refractivity (Wildman–Crippen MR) is 59.7 cm³/mol. The molecule has 0 aliphatic carbocycles. The fourth-order valence-corrected chi connectivity index (χ4v) is 3.27. The second-order valence-corrected chi connectivity index (χ2v) is 5.03. The lowest BCUT2D eigenvalue weighted by molar-refractivity contribution is 0.298. The average Bonchev–Trinajstić information content (AvgIpc) is 2.93. The monoisotopic (exact) mass is 224 g/mol. The van der Waals surface area contributed by atoms with E-state index in [1.807, 2.05) is 5.38 Å². The number of hydrogen-bond donors (Lipinski definition) is 1. The molecule has 0 radical (unpaired) electrons. The minimum atomic E-state index is 0.675. The maximum absolute atomic E-state index is 4.06. The van der Waals surface area contributed by atoms with Gasteiger partial charge in [-0.15, -0.1) is 5.10 Å². The summed E-state index contributed by atoms with van der Waals surface area (Å²) in [6.07, 6.45) is 4.04. The maximum atomic E-state index is 4.06. The van der Waals surface area contributed by atoms with Gasteiger partial charge in [0.1, 0.15) is 0 Å². The quantitative estimate of drug-likeness (QED) is 0.827. The summed E-state index contributed by atoms with van der Waals surface area (Å²) in [5.41, 5.74) is 1.08. The summed E-state index contributed by atoms with van der Waals surface area (Å²) in [6.45, 7) is 3.46. The van der Waals surface area contributed by atoms with Gasteiger partial charge in [-0.3, -0.25) is 4.90 Å². The lowest BCUT2D eigenvalue weighted by atomic mass is 10.1. The topological polar surface area (TPSA) is 41.1 Å². The Balaban J connectivity index is 1.55. The zero-order chi connectivity index (χ0) is 10.1. The van der Waals surface area contributed by atoms with Gasteiger partial charge in [-0.2, -0.15) is 0 Å². The first-order chi connectivity index (χ1) is 7.43. The highest BCUT2D eigenvalue weighted by Crippen LogP contribution is 2.27. The highest BCUT2D eigenvalue weighted by molar-refractivity contribution is 7.03. The van der Waals surface area contributed by atoms with Crippen LogP contribution in [0.5, 0.6) is 0 Å². The van der Waals surface area contributed by atoms with Gasteiger partial charge in [0.05, 0.1) is 5.69 Å². The fourth-order valence-electron chi connectivity index (χ4n) is 2.82. The van der Waals surface area contributed by atoms with Crippen molar-refractivity contribution >= 4 is 11.5 Å². The molecule has 2 aliphatic rings. The van der Waals surface area contributed by atoms with E-state index in [2.05, 4.69) is 19.8 Å². The van der Waals surface area contributed by atoms with E-state index in [1.165, 1.54) is 43.9 Å². The predicted octanol–water partition coefficient (Wildman–Crippen LogP) is 0.864. The molecule has 5 heteroatoms. The summed E-state index contributed by atoms with van der Waals surface area (Å²) in [4.78, 5) is 2.62. The maximum Gasteiger partial charge on any atom is 0.0893 e. The lowest BCUT2D eigenvalue weighted by Gasteiger charge is -2.20. The molecule has 2 unspecified atom stereocenters. The zero-order valence-electron chi connectivity index (χ0n) is 8.72. The van der Waals surface area contributed by atoms with Gasteiger partial charge in [0.15, 0.2) is 0 Å². The zero-order valence-corrected chi connectivity index (χ0v) is 9.54. The van der Waals surface area contributed by atoms with Crippen LogP contribution in [0.15, 0.2) is 5.38 Å². The molecule has 0 amide bonds. The lowest BCUT2D eigenvalue weighted by Crippen LogP contribution is -2.38. The molecule has 0 saturated carbocycles. The largest absolute Gasteiger partial charge is 0.307 e. The molecule has 0 aromatic carbocycles. The summed E-state index contributed by atoms with van der Waals surface area (Å²) < 4.78 is 3.88. The Morgan fingerprint density at radius 2 is 2.47 bits per heavy atom. The van der Waals surface area contributed by atoms with E-state index < -0.39 is 0 Å². The molecule has 1 aromatic rings. The van der Waals surface area contributed by atoms with Gasteiger partial charge in [-0.25, -0.2) is 0 Å². The van der Waals surface area contributed by atoms with E-state index in [1.54, 1.807) is 0 Å². The van der Waals surface area contributed by atoms with Crippen LogP contribution in [0.25, 0.3) is 0 Å². The first-order valence-corrected chi connectivity index (χ1v) is 6.50. The Bertz CT molecular complexity index is 313. The summed E-state index contributed by atoms with van der Waals surface area (Å²) in [5.74, 6) is 0. The van der Waals surface area contributed by atoms with Crippen LogP contribution >= 0.6 is 11.5 Å². The molecule has 0 bridgehead atoms. The van der Waals surface area contributed by atoms with Gasteiger partial charge in [-0.05, 0) is 37.3 Å². The van der Waals surface area contributed by atoms with Gasteiger partial charge < -0.3 is 5.32 Å². The fraction of sp³-hybridized carbons (Fsp3) is 0.800. The Kier molecular flexibility index (Phi) is 2.68. The van der Waals surface area contributed by atoms with Crippen LogP contribution in [0.4, 0.5) is 0 Å². The van der Waals surface area contributed by atoms with Crippen molar-refractivity contribution in [2.24, 2.45) is 0 Å². The summed E-state index contributed by atoms with van der Waals surface area (Å²) in [7, 11) is 0. The molecule has 0 spiro atoms. The molecule has 3 heterocycles. The number of hydrogen-bond acceptors (Lipinski definition) is 5. The number of nitrogens with zero attached hydrogens (tertiary/aromatic N) is 3. The van der Waals surface area contributed by atoms with Gasteiger partial charge in [0, 0.05) is 30.6 Å². The molecular formula is C10H16N4S. The van der Waals surface area contributed by atoms with Crippen molar-refractivity contribution < 1.29 is 0 Å². The standard InChI is InChI=1S/C10H16N4S/c1-2-10-9(3-5-14(10)4-1)11-6-8-7-15-13-12-8/h7,9-11H,1-6H2. The number of nitrogens with one attached hydrogen (secondary N) is 1. The van der Waals surface area contributed by atoms with Gasteiger partial charge in [0.2, 0.25) is 0 Å². The molecule has 3 rings (SSSR count). The molecular weight excluding hydrogens is 208 g/mol. The van der Waals surface area contributed by atoms with E-state index in [-0.39, 0.29) is 0 Å². The summed E-state index contributed by atoms with van der Waals surface area (Å²) in [6, 6.07) is 1.46. The van der Waals surface area contributed by atoms with Crippen LogP contribution in [0.2, 0.25) is 0 Å². The van der Waals surface area contributed by atoms with Crippen LogP contribution in [-0.4, -0.2) is 39.7 Å². The van der Waals surface area contributed by atoms with Crippen molar-refractivity contribution in [3.05, 3.63) is 11.1 Å². The number of fused-ring (bicyclic) bond motifs is 1. The number of rotatable bonds is 3. The molecule has 2 saturated heterocycles. The Labute approximate surface area is 93.8 Å². The first-order valence-electron chi connectivity index (χ1n) is 5.67. The Morgan fingerprint density at radius 1 is 1.47 bits per heavy atom. The van der Waals surface area contributed by atoms with Crippen LogP contribution < -0.4 is 5.32 Å². The van der Waals surface area contributed by atoms with Crippen LogP contribution in [0.3, 0.4) is 0 Å². The van der Waals surface area contributed by atoms with Crippen molar-refractivity contribution in [2.75, 3.05) is 13.1 Å². The van der Waals surface area contributed by atoms with Crippen molar-refractivity contribution in [1.82, 2.24) is 19.8 Å². The minimum absolute atomic E-state index is 0.675. The molecule has 15 heavy (non-hydrogen) atoms. The van der Waals surface area contributed by atoms with Gasteiger partial charge >= 0.3 is 0 Å². The third kappa shape index (κ3) is 1.91. The highest BCUT2D eigenvalue weighted by atomic mass is 32.1.